The van der Waals surface area contributed by atoms with E-state index in [0.717, 1.165) is 0 Å². The van der Waals surface area contributed by atoms with Crippen molar-refractivity contribution in [2.75, 3.05) is 18.0 Å². The first kappa shape index (κ1) is 14.5. The van der Waals surface area contributed by atoms with Crippen molar-refractivity contribution in [2.24, 2.45) is 0 Å². The van der Waals surface area contributed by atoms with Gasteiger partial charge in [-0.05, 0) is 12.8 Å². The molecule has 20 heavy (non-hydrogen) atoms. The van der Waals surface area contributed by atoms with E-state index in [1.807, 2.05) is 0 Å². The Kier molecular flexibility index (Phi) is 4.10. The lowest BCUT2D eigenvalue weighted by molar-refractivity contribution is -0.119. The first-order valence-electron chi connectivity index (χ1n) is 6.12. The summed E-state index contributed by atoms with van der Waals surface area (Å²) in [6.45, 7) is 1.65. The van der Waals surface area contributed by atoms with Crippen LogP contribution in [-0.4, -0.2) is 30.0 Å². The molecule has 0 saturated carbocycles. The molecule has 1 saturated heterocycles. The smallest absolute Gasteiger partial charge is 0.253 e. The minimum absolute atomic E-state index is 0.0797. The van der Waals surface area contributed by atoms with Crippen molar-refractivity contribution < 1.29 is 22.4 Å². The second-order valence-corrected chi connectivity index (χ2v) is 4.66. The maximum atomic E-state index is 13.6. The largest absolute Gasteiger partial charge is 0.364 e. The van der Waals surface area contributed by atoms with Crippen molar-refractivity contribution in [1.82, 2.24) is 10.3 Å². The Balaban J connectivity index is 2.29. The summed E-state index contributed by atoms with van der Waals surface area (Å²) in [7, 11) is 0. The standard InChI is InChI=1S/C12H13F4N3O/c1-6(20)17-7-3-2-4-19(5-7)10-8(13)11(15)18-12(16)9(10)14/h7H,2-5H2,1H3,(H,17,20). The van der Waals surface area contributed by atoms with Crippen molar-refractivity contribution in [3.63, 3.8) is 0 Å². The lowest BCUT2D eigenvalue weighted by Gasteiger charge is -2.34. The summed E-state index contributed by atoms with van der Waals surface area (Å²) in [5.74, 6) is -6.68. The molecule has 0 aromatic carbocycles. The molecule has 2 heterocycles. The van der Waals surface area contributed by atoms with Crippen LogP contribution in [0, 0.1) is 23.5 Å². The fraction of sp³-hybridized carbons (Fsp3) is 0.500. The summed E-state index contributed by atoms with van der Waals surface area (Å²) in [6.07, 6.45) is 1.17. The van der Waals surface area contributed by atoms with Crippen LogP contribution in [0.15, 0.2) is 0 Å². The van der Waals surface area contributed by atoms with E-state index in [1.165, 1.54) is 11.8 Å². The van der Waals surface area contributed by atoms with E-state index in [0.29, 0.717) is 12.8 Å². The Morgan fingerprint density at radius 2 is 1.85 bits per heavy atom. The van der Waals surface area contributed by atoms with Crippen molar-refractivity contribution in [3.05, 3.63) is 23.5 Å². The summed E-state index contributed by atoms with van der Waals surface area (Å²) >= 11 is 0. The minimum Gasteiger partial charge on any atom is -0.364 e. The average molecular weight is 291 g/mol. The van der Waals surface area contributed by atoms with Crippen LogP contribution in [0.5, 0.6) is 0 Å². The Hall–Kier alpha value is -1.86. The molecule has 1 aromatic heterocycles. The number of aromatic nitrogens is 1. The molecule has 0 bridgehead atoms. The number of anilines is 1. The van der Waals surface area contributed by atoms with E-state index in [1.54, 1.807) is 0 Å². The summed E-state index contributed by atoms with van der Waals surface area (Å²) < 4.78 is 53.5. The molecule has 110 valence electrons. The highest BCUT2D eigenvalue weighted by atomic mass is 19.2. The normalized spacial score (nSPS) is 19.1. The molecular weight excluding hydrogens is 278 g/mol. The molecule has 1 fully saturated rings. The van der Waals surface area contributed by atoms with Crippen LogP contribution in [0.2, 0.25) is 0 Å². The number of carbonyl (C=O) groups is 1. The van der Waals surface area contributed by atoms with Gasteiger partial charge in [0, 0.05) is 26.1 Å². The van der Waals surface area contributed by atoms with Crippen LogP contribution in [0.3, 0.4) is 0 Å². The number of amides is 1. The first-order chi connectivity index (χ1) is 9.40. The highest BCUT2D eigenvalue weighted by Crippen LogP contribution is 2.28. The molecule has 1 atom stereocenters. The highest BCUT2D eigenvalue weighted by Gasteiger charge is 2.29. The molecule has 1 aliphatic heterocycles. The van der Waals surface area contributed by atoms with Crippen molar-refractivity contribution >= 4 is 11.6 Å². The number of nitrogens with one attached hydrogen (secondary N) is 1. The highest BCUT2D eigenvalue weighted by molar-refractivity contribution is 5.73. The van der Waals surface area contributed by atoms with Gasteiger partial charge in [-0.2, -0.15) is 22.5 Å². The first-order valence-corrected chi connectivity index (χ1v) is 6.12. The summed E-state index contributed by atoms with van der Waals surface area (Å²) in [5, 5.41) is 2.62. The van der Waals surface area contributed by atoms with Gasteiger partial charge in [-0.25, -0.2) is 0 Å². The van der Waals surface area contributed by atoms with Crippen LogP contribution in [0.4, 0.5) is 23.2 Å². The van der Waals surface area contributed by atoms with Crippen LogP contribution in [0.1, 0.15) is 19.8 Å². The molecule has 0 radical (unpaired) electrons. The lowest BCUT2D eigenvalue weighted by Crippen LogP contribution is -2.47. The summed E-state index contributed by atoms with van der Waals surface area (Å²) in [6, 6.07) is -0.320. The third-order valence-corrected chi connectivity index (χ3v) is 3.12. The summed E-state index contributed by atoms with van der Waals surface area (Å²) in [4.78, 5) is 14.7. The Morgan fingerprint density at radius 1 is 1.25 bits per heavy atom. The van der Waals surface area contributed by atoms with Gasteiger partial charge in [-0.3, -0.25) is 4.79 Å². The number of piperidine rings is 1. The van der Waals surface area contributed by atoms with Gasteiger partial charge in [0.15, 0.2) is 0 Å². The number of hydrogen-bond acceptors (Lipinski definition) is 3. The van der Waals surface area contributed by atoms with E-state index in [9.17, 15) is 22.4 Å². The topological polar surface area (TPSA) is 45.2 Å². The Bertz CT molecular complexity index is 512. The predicted octanol–water partition coefficient (Wildman–Crippen LogP) is 1.74. The molecule has 0 spiro atoms. The predicted molar refractivity (Wildman–Crippen MR) is 63.1 cm³/mol. The van der Waals surface area contributed by atoms with E-state index in [-0.39, 0.29) is 25.0 Å². The molecular formula is C12H13F4N3O. The van der Waals surface area contributed by atoms with Gasteiger partial charge in [-0.1, -0.05) is 0 Å². The van der Waals surface area contributed by atoms with Gasteiger partial charge in [0.05, 0.1) is 0 Å². The Labute approximate surface area is 112 Å². The van der Waals surface area contributed by atoms with Gasteiger partial charge in [-0.15, -0.1) is 0 Å². The quantitative estimate of drug-likeness (QED) is 0.667. The molecule has 1 aliphatic rings. The minimum atomic E-state index is -1.68. The third kappa shape index (κ3) is 2.83. The van der Waals surface area contributed by atoms with Crippen molar-refractivity contribution in [2.45, 2.75) is 25.8 Å². The number of pyridine rings is 1. The molecule has 1 amide bonds. The third-order valence-electron chi connectivity index (χ3n) is 3.12. The average Bonchev–Trinajstić information content (AvgIpc) is 2.36. The van der Waals surface area contributed by atoms with E-state index in [2.05, 4.69) is 10.3 Å². The number of nitrogens with zero attached hydrogens (tertiary/aromatic N) is 2. The second kappa shape index (κ2) is 5.64. The van der Waals surface area contributed by atoms with Crippen molar-refractivity contribution in [1.29, 1.82) is 0 Å². The van der Waals surface area contributed by atoms with Gasteiger partial charge in [0.2, 0.25) is 17.5 Å². The van der Waals surface area contributed by atoms with Gasteiger partial charge in [0.1, 0.15) is 5.69 Å². The van der Waals surface area contributed by atoms with Gasteiger partial charge < -0.3 is 10.2 Å². The van der Waals surface area contributed by atoms with Gasteiger partial charge >= 0.3 is 0 Å². The van der Waals surface area contributed by atoms with E-state index >= 15 is 0 Å². The monoisotopic (exact) mass is 291 g/mol. The summed E-state index contributed by atoms with van der Waals surface area (Å²) in [5.41, 5.74) is -0.773. The second-order valence-electron chi connectivity index (χ2n) is 4.66. The Morgan fingerprint density at radius 3 is 2.40 bits per heavy atom. The number of carbonyl (C=O) groups excluding carboxylic acids is 1. The lowest BCUT2D eigenvalue weighted by atomic mass is 10.0. The molecule has 8 heteroatoms. The molecule has 0 aliphatic carbocycles. The van der Waals surface area contributed by atoms with E-state index < -0.39 is 29.2 Å². The van der Waals surface area contributed by atoms with Crippen LogP contribution < -0.4 is 10.2 Å². The zero-order chi connectivity index (χ0) is 14.9. The number of halogens is 4. The maximum Gasteiger partial charge on any atom is 0.253 e. The van der Waals surface area contributed by atoms with E-state index in [4.69, 9.17) is 0 Å². The zero-order valence-electron chi connectivity index (χ0n) is 10.7. The molecule has 4 nitrogen and oxygen atoms in total. The maximum absolute atomic E-state index is 13.6. The van der Waals surface area contributed by atoms with Gasteiger partial charge in [0.25, 0.3) is 11.9 Å². The number of rotatable bonds is 2. The fourth-order valence-corrected chi connectivity index (χ4v) is 2.34. The fourth-order valence-electron chi connectivity index (χ4n) is 2.34. The molecule has 1 N–H and O–H groups in total. The van der Waals surface area contributed by atoms with Crippen LogP contribution in [0.25, 0.3) is 0 Å². The molecule has 2 rings (SSSR count). The van der Waals surface area contributed by atoms with Crippen LogP contribution >= 0.6 is 0 Å². The number of hydrogen-bond donors (Lipinski definition) is 1. The molecule has 1 unspecified atom stereocenters. The SMILES string of the molecule is CC(=O)NC1CCCN(c2c(F)c(F)nc(F)c2F)C1. The van der Waals surface area contributed by atoms with Crippen LogP contribution in [-0.2, 0) is 4.79 Å². The zero-order valence-corrected chi connectivity index (χ0v) is 10.7. The molecule has 1 aromatic rings. The van der Waals surface area contributed by atoms with Crippen molar-refractivity contribution in [3.8, 4) is 0 Å².